The molecule has 30 heavy (non-hydrogen) atoms. The lowest BCUT2D eigenvalue weighted by Crippen LogP contribution is -3.15. The van der Waals surface area contributed by atoms with Crippen molar-refractivity contribution in [3.05, 3.63) is 59.7 Å². The fourth-order valence-electron chi connectivity index (χ4n) is 3.84. The Balaban J connectivity index is 1.58. The first-order valence-electron chi connectivity index (χ1n) is 10.7. The van der Waals surface area contributed by atoms with E-state index in [1.807, 2.05) is 38.4 Å². The maximum atomic E-state index is 12.5. The van der Waals surface area contributed by atoms with Gasteiger partial charge in [-0.25, -0.2) is 0 Å². The predicted molar refractivity (Wildman–Crippen MR) is 119 cm³/mol. The van der Waals surface area contributed by atoms with E-state index in [1.165, 1.54) is 16.2 Å². The number of quaternary nitrogens is 1. The molecule has 2 N–H and O–H groups in total. The van der Waals surface area contributed by atoms with Gasteiger partial charge < -0.3 is 24.6 Å². The van der Waals surface area contributed by atoms with Crippen LogP contribution in [0, 0.1) is 0 Å². The average Bonchev–Trinajstić information content (AvgIpc) is 2.79. The number of ether oxygens (including phenoxy) is 2. The van der Waals surface area contributed by atoms with Crippen LogP contribution in [0.4, 0.5) is 5.69 Å². The van der Waals surface area contributed by atoms with E-state index in [9.17, 15) is 4.79 Å². The zero-order chi connectivity index (χ0) is 21.3. The Morgan fingerprint density at radius 2 is 1.77 bits per heavy atom. The third-order valence-electron chi connectivity index (χ3n) is 5.74. The number of carbonyl (C=O) groups excluding carboxylic acids is 1. The Labute approximate surface area is 179 Å². The van der Waals surface area contributed by atoms with Crippen LogP contribution >= 0.6 is 0 Å². The van der Waals surface area contributed by atoms with Crippen molar-refractivity contribution in [1.29, 1.82) is 0 Å². The van der Waals surface area contributed by atoms with E-state index in [0.717, 1.165) is 44.0 Å². The second-order valence-electron chi connectivity index (χ2n) is 7.96. The van der Waals surface area contributed by atoms with Gasteiger partial charge in [0.05, 0.1) is 26.9 Å². The number of morpholine rings is 1. The summed E-state index contributed by atoms with van der Waals surface area (Å²) in [7, 11) is 5.74. The first kappa shape index (κ1) is 22.1. The molecule has 0 radical (unpaired) electrons. The minimum absolute atomic E-state index is 0.0911. The van der Waals surface area contributed by atoms with E-state index in [4.69, 9.17) is 9.47 Å². The third kappa shape index (κ3) is 6.21. The molecule has 3 rings (SSSR count). The van der Waals surface area contributed by atoms with Crippen LogP contribution in [0.1, 0.15) is 23.6 Å². The summed E-state index contributed by atoms with van der Waals surface area (Å²) in [6.45, 7) is 4.10. The molecule has 6 heteroatoms. The number of rotatable bonds is 9. The number of benzene rings is 2. The van der Waals surface area contributed by atoms with Crippen molar-refractivity contribution in [1.82, 2.24) is 5.32 Å². The predicted octanol–water partition coefficient (Wildman–Crippen LogP) is 1.47. The van der Waals surface area contributed by atoms with E-state index in [2.05, 4.69) is 34.5 Å². The molecule has 1 amide bonds. The molecule has 6 nitrogen and oxygen atoms in total. The van der Waals surface area contributed by atoms with Crippen LogP contribution < -0.4 is 19.9 Å². The van der Waals surface area contributed by atoms with Gasteiger partial charge >= 0.3 is 0 Å². The molecule has 1 fully saturated rings. The van der Waals surface area contributed by atoms with E-state index in [1.54, 1.807) is 7.11 Å². The van der Waals surface area contributed by atoms with Gasteiger partial charge in [-0.1, -0.05) is 24.3 Å². The molecular formula is C24H34N3O3+. The average molecular weight is 413 g/mol. The lowest BCUT2D eigenvalue weighted by molar-refractivity contribution is -0.937. The second-order valence-corrected chi connectivity index (χ2v) is 7.96. The molecule has 1 aliphatic heterocycles. The number of hydrogen-bond donors (Lipinski definition) is 2. The van der Waals surface area contributed by atoms with Gasteiger partial charge in [0.1, 0.15) is 24.9 Å². The highest BCUT2D eigenvalue weighted by atomic mass is 16.5. The molecule has 0 aliphatic carbocycles. The molecule has 1 atom stereocenters. The highest BCUT2D eigenvalue weighted by Crippen LogP contribution is 2.17. The summed E-state index contributed by atoms with van der Waals surface area (Å²) in [5.74, 6) is 0.924. The van der Waals surface area contributed by atoms with Crippen LogP contribution in [0.3, 0.4) is 0 Å². The van der Waals surface area contributed by atoms with Crippen molar-refractivity contribution in [3.63, 3.8) is 0 Å². The Morgan fingerprint density at radius 1 is 1.10 bits per heavy atom. The van der Waals surface area contributed by atoms with Crippen LogP contribution in [0.25, 0.3) is 0 Å². The van der Waals surface area contributed by atoms with Gasteiger partial charge in [0, 0.05) is 31.8 Å². The number of carbonyl (C=O) groups is 1. The lowest BCUT2D eigenvalue weighted by Gasteiger charge is -2.32. The Morgan fingerprint density at radius 3 is 2.37 bits per heavy atom. The van der Waals surface area contributed by atoms with E-state index >= 15 is 0 Å². The number of nitrogens with one attached hydrogen (secondary N) is 2. The smallest absolute Gasteiger partial charge is 0.220 e. The fraction of sp³-hybridized carbons (Fsp3) is 0.458. The van der Waals surface area contributed by atoms with Gasteiger partial charge in [-0.2, -0.15) is 0 Å². The lowest BCUT2D eigenvalue weighted by atomic mass is 10.0. The van der Waals surface area contributed by atoms with Crippen LogP contribution in [0.15, 0.2) is 48.5 Å². The maximum Gasteiger partial charge on any atom is 0.220 e. The SMILES string of the molecule is COc1ccc(CCC(=O)NC[C@@H](c2ccc(N(C)C)cc2)[NH+]2CCOCC2)cc1. The Kier molecular flexibility index (Phi) is 8.11. The fourth-order valence-corrected chi connectivity index (χ4v) is 3.84. The number of amides is 1. The van der Waals surface area contributed by atoms with Crippen molar-refractivity contribution >= 4 is 11.6 Å². The van der Waals surface area contributed by atoms with Crippen LogP contribution in [-0.2, 0) is 16.0 Å². The van der Waals surface area contributed by atoms with Crippen molar-refractivity contribution < 1.29 is 19.2 Å². The number of methoxy groups -OCH3 is 1. The summed E-state index contributed by atoms with van der Waals surface area (Å²) < 4.78 is 10.7. The first-order chi connectivity index (χ1) is 14.6. The van der Waals surface area contributed by atoms with Crippen LogP contribution in [0.5, 0.6) is 5.75 Å². The van der Waals surface area contributed by atoms with Crippen molar-refractivity contribution in [2.24, 2.45) is 0 Å². The van der Waals surface area contributed by atoms with Crippen LogP contribution in [-0.4, -0.2) is 60.0 Å². The molecule has 1 saturated heterocycles. The molecule has 0 unspecified atom stereocenters. The molecule has 1 heterocycles. The standard InChI is InChI=1S/C24H33N3O3/c1-26(2)21-9-7-20(8-10-21)23(27-14-16-30-17-15-27)18-25-24(28)13-6-19-4-11-22(29-3)12-5-19/h4-5,7-12,23H,6,13-18H2,1-3H3,(H,25,28)/p+1/t23-/m0/s1. The van der Waals surface area contributed by atoms with Crippen LogP contribution in [0.2, 0.25) is 0 Å². The van der Waals surface area contributed by atoms with Crippen molar-refractivity contribution in [3.8, 4) is 5.75 Å². The van der Waals surface area contributed by atoms with Gasteiger partial charge in [0.25, 0.3) is 0 Å². The van der Waals surface area contributed by atoms with Gasteiger partial charge in [-0.3, -0.25) is 4.79 Å². The van der Waals surface area contributed by atoms with E-state index in [0.29, 0.717) is 13.0 Å². The van der Waals surface area contributed by atoms with Gasteiger partial charge in [-0.15, -0.1) is 0 Å². The Bertz CT molecular complexity index is 784. The molecule has 2 aromatic rings. The number of aryl methyl sites for hydroxylation is 1. The largest absolute Gasteiger partial charge is 0.497 e. The van der Waals surface area contributed by atoms with Crippen molar-refractivity contribution in [2.75, 3.05) is 59.0 Å². The summed E-state index contributed by atoms with van der Waals surface area (Å²) in [4.78, 5) is 16.1. The zero-order valence-electron chi connectivity index (χ0n) is 18.3. The minimum Gasteiger partial charge on any atom is -0.497 e. The highest BCUT2D eigenvalue weighted by Gasteiger charge is 2.26. The topological polar surface area (TPSA) is 55.2 Å². The zero-order valence-corrected chi connectivity index (χ0v) is 18.3. The summed E-state index contributed by atoms with van der Waals surface area (Å²) >= 11 is 0. The van der Waals surface area contributed by atoms with Gasteiger partial charge in [-0.05, 0) is 36.2 Å². The molecule has 0 spiro atoms. The highest BCUT2D eigenvalue weighted by molar-refractivity contribution is 5.76. The summed E-state index contributed by atoms with van der Waals surface area (Å²) in [5, 5.41) is 3.17. The molecule has 162 valence electrons. The summed E-state index contributed by atoms with van der Waals surface area (Å²) in [5.41, 5.74) is 3.58. The Hall–Kier alpha value is -2.57. The van der Waals surface area contributed by atoms with Gasteiger partial charge in [0.15, 0.2) is 0 Å². The molecular weight excluding hydrogens is 378 g/mol. The molecule has 0 saturated carbocycles. The molecule has 0 bridgehead atoms. The second kappa shape index (κ2) is 11.0. The maximum absolute atomic E-state index is 12.5. The number of hydrogen-bond acceptors (Lipinski definition) is 4. The van der Waals surface area contributed by atoms with Crippen molar-refractivity contribution in [2.45, 2.75) is 18.9 Å². The molecule has 1 aliphatic rings. The van der Waals surface area contributed by atoms with E-state index < -0.39 is 0 Å². The van der Waals surface area contributed by atoms with E-state index in [-0.39, 0.29) is 11.9 Å². The number of anilines is 1. The quantitative estimate of drug-likeness (QED) is 0.655. The molecule has 0 aromatic heterocycles. The normalized spacial score (nSPS) is 15.4. The summed E-state index contributed by atoms with van der Waals surface area (Å²) in [6.07, 6.45) is 1.21. The third-order valence-corrected chi connectivity index (χ3v) is 5.74. The minimum atomic E-state index is 0.0911. The monoisotopic (exact) mass is 412 g/mol. The number of nitrogens with zero attached hydrogens (tertiary/aromatic N) is 1. The first-order valence-corrected chi connectivity index (χ1v) is 10.7. The van der Waals surface area contributed by atoms with Gasteiger partial charge in [0.2, 0.25) is 5.91 Å². The summed E-state index contributed by atoms with van der Waals surface area (Å²) in [6, 6.07) is 16.8. The molecule has 2 aromatic carbocycles.